The van der Waals surface area contributed by atoms with Gasteiger partial charge in [-0.2, -0.15) is 0 Å². The highest BCUT2D eigenvalue weighted by Crippen LogP contribution is 2.18. The Balaban J connectivity index is 2.18. The van der Waals surface area contributed by atoms with Gasteiger partial charge in [-0.15, -0.1) is 10.2 Å². The number of aryl methyl sites for hydroxylation is 1. The fourth-order valence-electron chi connectivity index (χ4n) is 1.32. The Bertz CT molecular complexity index is 471. The third kappa shape index (κ3) is 2.43. The highest BCUT2D eigenvalue weighted by atomic mass is 19.1. The summed E-state index contributed by atoms with van der Waals surface area (Å²) in [6.45, 7) is 0.0810. The van der Waals surface area contributed by atoms with Crippen LogP contribution >= 0.6 is 0 Å². The van der Waals surface area contributed by atoms with Gasteiger partial charge in [0.15, 0.2) is 0 Å². The number of nitrogens with zero attached hydrogens (tertiary/aromatic N) is 2. The summed E-state index contributed by atoms with van der Waals surface area (Å²) < 4.78 is 18.3. The molecule has 0 unspecified atom stereocenters. The Morgan fingerprint density at radius 2 is 2.19 bits per heavy atom. The van der Waals surface area contributed by atoms with Crippen LogP contribution in [0.1, 0.15) is 12.3 Å². The fraction of sp³-hybridized carbons (Fsp3) is 0.273. The summed E-state index contributed by atoms with van der Waals surface area (Å²) in [7, 11) is 0. The standard InChI is InChI=1S/C11H11FN2O2/c12-9-4-1-3-8(7-9)11-14-13-10(16-11)5-2-6-15/h1,3-4,7,15H,2,5-6H2. The quantitative estimate of drug-likeness (QED) is 0.856. The monoisotopic (exact) mass is 222 g/mol. The molecule has 0 radical (unpaired) electrons. The average Bonchev–Trinajstić information content (AvgIpc) is 2.75. The Labute approximate surface area is 91.7 Å². The van der Waals surface area contributed by atoms with Crippen molar-refractivity contribution in [2.45, 2.75) is 12.8 Å². The van der Waals surface area contributed by atoms with Gasteiger partial charge in [-0.05, 0) is 24.6 Å². The molecule has 1 aromatic heterocycles. The maximum absolute atomic E-state index is 12.9. The van der Waals surface area contributed by atoms with Crippen molar-refractivity contribution >= 4 is 0 Å². The lowest BCUT2D eigenvalue weighted by molar-refractivity contribution is 0.283. The van der Waals surface area contributed by atoms with Crippen molar-refractivity contribution in [1.82, 2.24) is 10.2 Å². The summed E-state index contributed by atoms with van der Waals surface area (Å²) in [5.74, 6) is 0.411. The molecule has 0 saturated heterocycles. The van der Waals surface area contributed by atoms with Crippen molar-refractivity contribution in [3.05, 3.63) is 36.0 Å². The van der Waals surface area contributed by atoms with E-state index >= 15 is 0 Å². The number of aromatic nitrogens is 2. The molecule has 0 fully saturated rings. The van der Waals surface area contributed by atoms with E-state index in [0.29, 0.717) is 30.2 Å². The first-order chi connectivity index (χ1) is 7.79. The Morgan fingerprint density at radius 3 is 2.94 bits per heavy atom. The summed E-state index contributed by atoms with van der Waals surface area (Å²) in [5, 5.41) is 16.3. The molecule has 0 aliphatic carbocycles. The first-order valence-electron chi connectivity index (χ1n) is 4.99. The first kappa shape index (κ1) is 10.8. The van der Waals surface area contributed by atoms with E-state index in [1.165, 1.54) is 12.1 Å². The van der Waals surface area contributed by atoms with E-state index in [0.717, 1.165) is 0 Å². The second-order valence-corrected chi connectivity index (χ2v) is 3.34. The van der Waals surface area contributed by atoms with Crippen LogP contribution in [0.15, 0.2) is 28.7 Å². The van der Waals surface area contributed by atoms with Gasteiger partial charge in [0.05, 0.1) is 0 Å². The minimum Gasteiger partial charge on any atom is -0.421 e. The van der Waals surface area contributed by atoms with Crippen LogP contribution in [0.2, 0.25) is 0 Å². The van der Waals surface area contributed by atoms with Crippen LogP contribution in [-0.4, -0.2) is 21.9 Å². The number of benzene rings is 1. The molecule has 4 nitrogen and oxygen atoms in total. The normalized spacial score (nSPS) is 10.6. The Hall–Kier alpha value is -1.75. The number of rotatable bonds is 4. The molecule has 16 heavy (non-hydrogen) atoms. The van der Waals surface area contributed by atoms with E-state index in [2.05, 4.69) is 10.2 Å². The predicted molar refractivity (Wildman–Crippen MR) is 55.1 cm³/mol. The Morgan fingerprint density at radius 1 is 1.31 bits per heavy atom. The van der Waals surface area contributed by atoms with E-state index < -0.39 is 0 Å². The van der Waals surface area contributed by atoms with Crippen molar-refractivity contribution < 1.29 is 13.9 Å². The van der Waals surface area contributed by atoms with Crippen molar-refractivity contribution in [3.63, 3.8) is 0 Å². The third-order valence-electron chi connectivity index (χ3n) is 2.09. The van der Waals surface area contributed by atoms with Crippen LogP contribution in [-0.2, 0) is 6.42 Å². The molecule has 2 rings (SSSR count). The lowest BCUT2D eigenvalue weighted by Gasteiger charge is -1.94. The van der Waals surface area contributed by atoms with Gasteiger partial charge in [0.2, 0.25) is 11.8 Å². The molecular formula is C11H11FN2O2. The molecule has 0 atom stereocenters. The molecule has 84 valence electrons. The molecule has 0 amide bonds. The SMILES string of the molecule is OCCCc1nnc(-c2cccc(F)c2)o1. The van der Waals surface area contributed by atoms with Crippen molar-refractivity contribution in [3.8, 4) is 11.5 Å². The number of aliphatic hydroxyl groups excluding tert-OH is 1. The lowest BCUT2D eigenvalue weighted by Crippen LogP contribution is -1.88. The van der Waals surface area contributed by atoms with Gasteiger partial charge < -0.3 is 9.52 Å². The molecular weight excluding hydrogens is 211 g/mol. The summed E-state index contributed by atoms with van der Waals surface area (Å²) in [6, 6.07) is 5.98. The number of halogens is 1. The highest BCUT2D eigenvalue weighted by molar-refractivity contribution is 5.52. The summed E-state index contributed by atoms with van der Waals surface area (Å²) in [6.07, 6.45) is 1.10. The van der Waals surface area contributed by atoms with E-state index in [1.807, 2.05) is 0 Å². The minimum atomic E-state index is -0.340. The number of hydrogen-bond donors (Lipinski definition) is 1. The summed E-state index contributed by atoms with van der Waals surface area (Å²) >= 11 is 0. The third-order valence-corrected chi connectivity index (χ3v) is 2.09. The topological polar surface area (TPSA) is 59.2 Å². The van der Waals surface area contributed by atoms with Crippen molar-refractivity contribution in [1.29, 1.82) is 0 Å². The van der Waals surface area contributed by atoms with Gasteiger partial charge in [0.25, 0.3) is 0 Å². The van der Waals surface area contributed by atoms with Gasteiger partial charge in [-0.1, -0.05) is 6.07 Å². The van der Waals surface area contributed by atoms with Crippen LogP contribution in [0, 0.1) is 5.82 Å². The lowest BCUT2D eigenvalue weighted by atomic mass is 10.2. The highest BCUT2D eigenvalue weighted by Gasteiger charge is 2.08. The van der Waals surface area contributed by atoms with Crippen molar-refractivity contribution in [2.24, 2.45) is 0 Å². The summed E-state index contributed by atoms with van der Waals surface area (Å²) in [4.78, 5) is 0. The molecule has 0 spiro atoms. The second kappa shape index (κ2) is 4.85. The molecule has 2 aromatic rings. The molecule has 5 heteroatoms. The Kier molecular flexibility index (Phi) is 3.26. The van der Waals surface area contributed by atoms with Crippen LogP contribution < -0.4 is 0 Å². The molecule has 0 saturated carbocycles. The summed E-state index contributed by atoms with van der Waals surface area (Å²) in [5.41, 5.74) is 0.558. The minimum absolute atomic E-state index is 0.0810. The van der Waals surface area contributed by atoms with E-state index in [-0.39, 0.29) is 12.4 Å². The van der Waals surface area contributed by atoms with Crippen LogP contribution in [0.25, 0.3) is 11.5 Å². The van der Waals surface area contributed by atoms with Gasteiger partial charge in [0.1, 0.15) is 5.82 Å². The van der Waals surface area contributed by atoms with Gasteiger partial charge in [0, 0.05) is 18.6 Å². The molecule has 0 aliphatic rings. The fourth-order valence-corrected chi connectivity index (χ4v) is 1.32. The molecule has 1 aromatic carbocycles. The van der Waals surface area contributed by atoms with Gasteiger partial charge in [-0.25, -0.2) is 4.39 Å². The molecule has 0 aliphatic heterocycles. The number of hydrogen-bond acceptors (Lipinski definition) is 4. The van der Waals surface area contributed by atoms with Crippen LogP contribution in [0.5, 0.6) is 0 Å². The second-order valence-electron chi connectivity index (χ2n) is 3.34. The van der Waals surface area contributed by atoms with Gasteiger partial charge >= 0.3 is 0 Å². The zero-order chi connectivity index (χ0) is 11.4. The van der Waals surface area contributed by atoms with Crippen LogP contribution in [0.4, 0.5) is 4.39 Å². The average molecular weight is 222 g/mol. The van der Waals surface area contributed by atoms with E-state index in [9.17, 15) is 4.39 Å². The maximum Gasteiger partial charge on any atom is 0.247 e. The maximum atomic E-state index is 12.9. The van der Waals surface area contributed by atoms with Crippen molar-refractivity contribution in [2.75, 3.05) is 6.61 Å². The first-order valence-corrected chi connectivity index (χ1v) is 4.99. The van der Waals surface area contributed by atoms with E-state index in [1.54, 1.807) is 12.1 Å². The number of aliphatic hydroxyl groups is 1. The molecule has 1 heterocycles. The molecule has 0 bridgehead atoms. The zero-order valence-corrected chi connectivity index (χ0v) is 8.56. The zero-order valence-electron chi connectivity index (χ0n) is 8.56. The predicted octanol–water partition coefficient (Wildman–Crippen LogP) is 1.80. The molecule has 1 N–H and O–H groups in total. The van der Waals surface area contributed by atoms with Gasteiger partial charge in [-0.3, -0.25) is 0 Å². The largest absolute Gasteiger partial charge is 0.421 e. The van der Waals surface area contributed by atoms with E-state index in [4.69, 9.17) is 9.52 Å². The van der Waals surface area contributed by atoms with Crippen LogP contribution in [0.3, 0.4) is 0 Å². The smallest absolute Gasteiger partial charge is 0.247 e.